The van der Waals surface area contributed by atoms with Gasteiger partial charge in [0.25, 0.3) is 11.3 Å². The number of alkyl halides is 3. The molecule has 1 saturated heterocycles. The average molecular weight is 419 g/mol. The first kappa shape index (κ1) is 20.4. The van der Waals surface area contributed by atoms with Crippen LogP contribution in [0.15, 0.2) is 29.1 Å². The molecule has 1 aromatic carbocycles. The first-order valence-electron chi connectivity index (χ1n) is 10.1. The number of nitrogens with one attached hydrogen (secondary N) is 1. The largest absolute Gasteiger partial charge is 0.416 e. The highest BCUT2D eigenvalue weighted by atomic mass is 19.4. The highest BCUT2D eigenvalue weighted by Crippen LogP contribution is 2.31. The van der Waals surface area contributed by atoms with E-state index in [0.717, 1.165) is 38.4 Å². The van der Waals surface area contributed by atoms with E-state index in [1.54, 1.807) is 13.0 Å². The molecule has 160 valence electrons. The molecular weight excluding hydrogens is 395 g/mol. The smallest absolute Gasteiger partial charge is 0.366 e. The lowest BCUT2D eigenvalue weighted by atomic mass is 9.90. The van der Waals surface area contributed by atoms with Gasteiger partial charge in [-0.2, -0.15) is 22.7 Å². The second-order valence-corrected chi connectivity index (χ2v) is 7.96. The van der Waals surface area contributed by atoms with Crippen molar-refractivity contribution in [3.63, 3.8) is 0 Å². The lowest BCUT2D eigenvalue weighted by Gasteiger charge is -2.33. The molecule has 0 radical (unpaired) electrons. The number of fused-ring (bicyclic) bond motifs is 1. The number of rotatable bonds is 4. The second-order valence-electron chi connectivity index (χ2n) is 7.96. The van der Waals surface area contributed by atoms with Gasteiger partial charge in [-0.25, -0.2) is 4.98 Å². The Hall–Kier alpha value is -2.84. The number of aryl methyl sites for hydroxylation is 3. The Morgan fingerprint density at radius 1 is 1.17 bits per heavy atom. The Kier molecular flexibility index (Phi) is 5.29. The van der Waals surface area contributed by atoms with Crippen LogP contribution in [0.5, 0.6) is 0 Å². The summed E-state index contributed by atoms with van der Waals surface area (Å²) in [5, 5.41) is 2.92. The van der Waals surface area contributed by atoms with Crippen LogP contribution in [0.4, 0.5) is 18.9 Å². The molecule has 0 spiro atoms. The zero-order chi connectivity index (χ0) is 21.5. The predicted octanol–water partition coefficient (Wildman–Crippen LogP) is 3.90. The van der Waals surface area contributed by atoms with E-state index in [0.29, 0.717) is 40.9 Å². The van der Waals surface area contributed by atoms with E-state index in [4.69, 9.17) is 0 Å². The molecule has 0 unspecified atom stereocenters. The number of H-pyrrole nitrogens is 1. The molecule has 0 saturated carbocycles. The standard InChI is InChI=1S/C21H24F3N5O/c1-13-18(19(30)29-20(25-13)26-14(2)27-29)28-10-8-15(9-11-28)6-7-16-4-3-5-17(12-16)21(22,23)24/h3-5,12,15H,6-11H2,1-2H3,(H,25,26,27). The maximum Gasteiger partial charge on any atom is 0.416 e. The van der Waals surface area contributed by atoms with Crippen LogP contribution >= 0.6 is 0 Å². The summed E-state index contributed by atoms with van der Waals surface area (Å²) in [7, 11) is 0. The highest BCUT2D eigenvalue weighted by molar-refractivity contribution is 5.52. The Bertz CT molecular complexity index is 1110. The van der Waals surface area contributed by atoms with E-state index in [1.165, 1.54) is 16.6 Å². The summed E-state index contributed by atoms with van der Waals surface area (Å²) in [5.41, 5.74) is 1.22. The molecule has 1 fully saturated rings. The normalized spacial score (nSPS) is 15.8. The molecular formula is C21H24F3N5O. The van der Waals surface area contributed by atoms with Gasteiger partial charge in [0.2, 0.25) is 0 Å². The van der Waals surface area contributed by atoms with Gasteiger partial charge < -0.3 is 4.90 Å². The minimum absolute atomic E-state index is 0.152. The molecule has 9 heteroatoms. The number of hydrogen-bond acceptors (Lipinski definition) is 4. The fourth-order valence-corrected chi connectivity index (χ4v) is 4.20. The number of nitrogens with zero attached hydrogens (tertiary/aromatic N) is 4. The Labute approximate surface area is 171 Å². The highest BCUT2D eigenvalue weighted by Gasteiger charge is 2.30. The summed E-state index contributed by atoms with van der Waals surface area (Å²) >= 11 is 0. The number of piperidine rings is 1. The second kappa shape index (κ2) is 7.77. The fraction of sp³-hybridized carbons (Fsp3) is 0.476. The van der Waals surface area contributed by atoms with Gasteiger partial charge in [0, 0.05) is 13.1 Å². The topological polar surface area (TPSA) is 66.3 Å². The monoisotopic (exact) mass is 419 g/mol. The van der Waals surface area contributed by atoms with E-state index in [2.05, 4.69) is 20.0 Å². The number of aromatic amines is 1. The van der Waals surface area contributed by atoms with Gasteiger partial charge in [0.1, 0.15) is 11.5 Å². The Balaban J connectivity index is 1.40. The van der Waals surface area contributed by atoms with E-state index >= 15 is 0 Å². The van der Waals surface area contributed by atoms with Gasteiger partial charge in [-0.3, -0.25) is 9.89 Å². The summed E-state index contributed by atoms with van der Waals surface area (Å²) in [4.78, 5) is 23.6. The molecule has 3 aromatic rings. The van der Waals surface area contributed by atoms with Crippen molar-refractivity contribution in [1.29, 1.82) is 0 Å². The van der Waals surface area contributed by atoms with Gasteiger partial charge in [-0.15, -0.1) is 0 Å². The molecule has 1 aliphatic heterocycles. The third-order valence-electron chi connectivity index (χ3n) is 5.78. The third kappa shape index (κ3) is 4.06. The number of halogens is 3. The van der Waals surface area contributed by atoms with Crippen molar-refractivity contribution in [1.82, 2.24) is 19.6 Å². The number of aromatic nitrogens is 4. The van der Waals surface area contributed by atoms with Crippen molar-refractivity contribution in [2.75, 3.05) is 18.0 Å². The summed E-state index contributed by atoms with van der Waals surface area (Å²) < 4.78 is 40.0. The molecule has 3 heterocycles. The lowest BCUT2D eigenvalue weighted by Crippen LogP contribution is -2.38. The van der Waals surface area contributed by atoms with E-state index < -0.39 is 11.7 Å². The first-order valence-corrected chi connectivity index (χ1v) is 10.1. The molecule has 4 rings (SSSR count). The van der Waals surface area contributed by atoms with Crippen molar-refractivity contribution >= 4 is 11.5 Å². The van der Waals surface area contributed by atoms with Crippen LogP contribution in [0, 0.1) is 19.8 Å². The molecule has 0 atom stereocenters. The fourth-order valence-electron chi connectivity index (χ4n) is 4.20. The van der Waals surface area contributed by atoms with Crippen LogP contribution < -0.4 is 10.5 Å². The number of benzene rings is 1. The molecule has 0 bridgehead atoms. The molecule has 0 aliphatic carbocycles. The van der Waals surface area contributed by atoms with Gasteiger partial charge in [0.15, 0.2) is 0 Å². The Morgan fingerprint density at radius 3 is 2.60 bits per heavy atom. The minimum Gasteiger partial charge on any atom is -0.366 e. The molecule has 6 nitrogen and oxygen atoms in total. The average Bonchev–Trinajstić information content (AvgIpc) is 3.07. The van der Waals surface area contributed by atoms with Crippen LogP contribution in [0.3, 0.4) is 0 Å². The minimum atomic E-state index is -4.31. The van der Waals surface area contributed by atoms with Crippen LogP contribution in [0.25, 0.3) is 5.78 Å². The van der Waals surface area contributed by atoms with Crippen LogP contribution in [-0.2, 0) is 12.6 Å². The SMILES string of the molecule is Cc1nc2nc(C)c(N3CCC(CCc4cccc(C(F)(F)F)c4)CC3)c(=O)n2[nH]1. The summed E-state index contributed by atoms with van der Waals surface area (Å²) in [6, 6.07) is 5.57. The van der Waals surface area contributed by atoms with E-state index in [9.17, 15) is 18.0 Å². The van der Waals surface area contributed by atoms with Crippen LogP contribution in [-0.4, -0.2) is 32.7 Å². The van der Waals surface area contributed by atoms with Crippen molar-refractivity contribution in [3.8, 4) is 0 Å². The summed E-state index contributed by atoms with van der Waals surface area (Å²) in [6.07, 6.45) is -1.07. The zero-order valence-corrected chi connectivity index (χ0v) is 17.0. The molecule has 1 aliphatic rings. The maximum atomic E-state index is 12.9. The molecule has 2 aromatic heterocycles. The van der Waals surface area contributed by atoms with Crippen molar-refractivity contribution in [3.05, 3.63) is 57.3 Å². The summed E-state index contributed by atoms with van der Waals surface area (Å²) in [6.45, 7) is 5.05. The maximum absolute atomic E-state index is 12.9. The van der Waals surface area contributed by atoms with Gasteiger partial charge >= 0.3 is 6.18 Å². The van der Waals surface area contributed by atoms with Crippen molar-refractivity contribution in [2.24, 2.45) is 5.92 Å². The summed E-state index contributed by atoms with van der Waals surface area (Å²) in [5.74, 6) is 1.42. The number of anilines is 1. The third-order valence-corrected chi connectivity index (χ3v) is 5.78. The number of hydrogen-bond donors (Lipinski definition) is 1. The Morgan fingerprint density at radius 2 is 1.90 bits per heavy atom. The van der Waals surface area contributed by atoms with Gasteiger partial charge in [0.05, 0.1) is 11.3 Å². The zero-order valence-electron chi connectivity index (χ0n) is 17.0. The van der Waals surface area contributed by atoms with Crippen molar-refractivity contribution < 1.29 is 13.2 Å². The molecule has 30 heavy (non-hydrogen) atoms. The first-order chi connectivity index (χ1) is 14.2. The van der Waals surface area contributed by atoms with Gasteiger partial charge in [-0.1, -0.05) is 18.2 Å². The lowest BCUT2D eigenvalue weighted by molar-refractivity contribution is -0.137. The van der Waals surface area contributed by atoms with Gasteiger partial charge in [-0.05, 0) is 57.1 Å². The molecule has 0 amide bonds. The van der Waals surface area contributed by atoms with Crippen molar-refractivity contribution in [2.45, 2.75) is 45.7 Å². The molecule has 1 N–H and O–H groups in total. The van der Waals surface area contributed by atoms with E-state index in [-0.39, 0.29) is 5.56 Å². The predicted molar refractivity (Wildman–Crippen MR) is 108 cm³/mol. The van der Waals surface area contributed by atoms with Crippen LogP contribution in [0.2, 0.25) is 0 Å². The van der Waals surface area contributed by atoms with Crippen LogP contribution in [0.1, 0.15) is 41.9 Å². The quantitative estimate of drug-likeness (QED) is 0.697. The van der Waals surface area contributed by atoms with E-state index in [1.807, 2.05) is 6.92 Å².